The molecule has 0 saturated heterocycles. The molecule has 2 heterocycles. The Kier molecular flexibility index (Phi) is 8.34. The van der Waals surface area contributed by atoms with E-state index in [4.69, 9.17) is 0 Å². The maximum Gasteiger partial charge on any atom is 0.263 e. The minimum atomic E-state index is -0.338. The van der Waals surface area contributed by atoms with E-state index in [1.807, 2.05) is 39.0 Å². The fourth-order valence-electron chi connectivity index (χ4n) is 2.13. The maximum atomic E-state index is 12.3. The second kappa shape index (κ2) is 8.94. The number of aryl methyl sites for hydroxylation is 2. The van der Waals surface area contributed by atoms with E-state index >= 15 is 0 Å². The van der Waals surface area contributed by atoms with Crippen molar-refractivity contribution in [3.8, 4) is 16.9 Å². The van der Waals surface area contributed by atoms with Gasteiger partial charge in [-0.05, 0) is 28.4 Å². The molecule has 0 fully saturated rings. The van der Waals surface area contributed by atoms with E-state index in [-0.39, 0.29) is 68.2 Å². The fourth-order valence-corrected chi connectivity index (χ4v) is 2.13. The number of fused-ring (bicyclic) bond motifs is 1. The van der Waals surface area contributed by atoms with Crippen LogP contribution < -0.4 is 5.56 Å². The molecule has 2 aromatic heterocycles. The summed E-state index contributed by atoms with van der Waals surface area (Å²) in [4.78, 5) is 12.3. The zero-order valence-corrected chi connectivity index (χ0v) is 16.8. The summed E-state index contributed by atoms with van der Waals surface area (Å²) in [5.41, 5.74) is 1.84. The molecule has 0 aliphatic rings. The third kappa shape index (κ3) is 3.70. The summed E-state index contributed by atoms with van der Waals surface area (Å²) in [7, 11) is 1.57. The smallest absolute Gasteiger partial charge is 0.263 e. The number of hydrogen-bond acceptors (Lipinski definition) is 5. The van der Waals surface area contributed by atoms with Gasteiger partial charge >= 0.3 is 0 Å². The van der Waals surface area contributed by atoms with Crippen molar-refractivity contribution in [2.75, 3.05) is 0 Å². The van der Waals surface area contributed by atoms with Gasteiger partial charge in [-0.3, -0.25) is 9.36 Å². The van der Waals surface area contributed by atoms with Crippen LogP contribution in [0.15, 0.2) is 33.7 Å². The fraction of sp³-hybridized carbons (Fsp3) is 0.250. The summed E-state index contributed by atoms with van der Waals surface area (Å²) in [6.07, 6.45) is 0. The largest absolute Gasteiger partial charge is 0.505 e. The molecule has 1 N–H and O–H groups in total. The molecule has 1 radical (unpaired) electrons. The minimum Gasteiger partial charge on any atom is -0.505 e. The Morgan fingerprint density at radius 1 is 1.17 bits per heavy atom. The van der Waals surface area contributed by atoms with Gasteiger partial charge in [0.25, 0.3) is 5.56 Å². The first-order valence-electron chi connectivity index (χ1n) is 6.71. The van der Waals surface area contributed by atoms with Crippen molar-refractivity contribution < 1.29 is 42.4 Å². The summed E-state index contributed by atoms with van der Waals surface area (Å²) in [6.45, 7) is 5.87. The molecule has 0 atom stereocenters. The maximum absolute atomic E-state index is 12.3. The zero-order chi connectivity index (χ0) is 15.6. The van der Waals surface area contributed by atoms with Gasteiger partial charge in [0.1, 0.15) is 0 Å². The SMILES string of the molecule is CC.Cc1ccccc1-c1c(O)c2nonc2n(C)c1=O.[CH3-].[Y]. The summed E-state index contributed by atoms with van der Waals surface area (Å²) < 4.78 is 5.90. The standard InChI is InChI=1S/C13H11N3O3.C2H6.CH3.Y/c1-7-5-3-4-6-8(7)9-11(17)10-12(15-19-14-10)16(2)13(9)18;1-2;;/h3-6,17H,1-2H3;1-2H3;1H3;/q;;-1;. The van der Waals surface area contributed by atoms with Crippen LogP contribution in [0.1, 0.15) is 19.4 Å². The predicted octanol–water partition coefficient (Wildman–Crippen LogP) is 3.08. The molecular weight excluding hydrogens is 371 g/mol. The molecule has 0 aliphatic carbocycles. The molecule has 1 aromatic carbocycles. The van der Waals surface area contributed by atoms with Crippen molar-refractivity contribution in [1.29, 1.82) is 0 Å². The third-order valence-corrected chi connectivity index (χ3v) is 3.18. The van der Waals surface area contributed by atoms with Crippen molar-refractivity contribution in [2.24, 2.45) is 7.05 Å². The summed E-state index contributed by atoms with van der Waals surface area (Å²) in [6, 6.07) is 7.34. The van der Waals surface area contributed by atoms with Crippen molar-refractivity contribution >= 4 is 11.2 Å². The van der Waals surface area contributed by atoms with Gasteiger partial charge in [0.2, 0.25) is 5.65 Å². The van der Waals surface area contributed by atoms with Gasteiger partial charge in [0.15, 0.2) is 11.3 Å². The van der Waals surface area contributed by atoms with Crippen molar-refractivity contribution in [1.82, 2.24) is 14.9 Å². The number of aromatic hydroxyl groups is 1. The summed E-state index contributed by atoms with van der Waals surface area (Å²) >= 11 is 0. The Bertz CT molecular complexity index is 840. The van der Waals surface area contributed by atoms with Crippen molar-refractivity contribution in [3.63, 3.8) is 0 Å². The van der Waals surface area contributed by atoms with Gasteiger partial charge in [0.05, 0.1) is 5.56 Å². The van der Waals surface area contributed by atoms with Gasteiger partial charge in [-0.25, -0.2) is 4.63 Å². The van der Waals surface area contributed by atoms with Crippen LogP contribution in [-0.2, 0) is 39.8 Å². The second-order valence-corrected chi connectivity index (χ2v) is 4.34. The molecule has 121 valence electrons. The number of nitrogens with zero attached hydrogens (tertiary/aromatic N) is 3. The monoisotopic (exact) mass is 391 g/mol. The molecule has 0 spiro atoms. The Hall–Kier alpha value is -1.53. The number of aromatic nitrogens is 3. The molecule has 0 amide bonds. The van der Waals surface area contributed by atoms with E-state index in [0.29, 0.717) is 5.56 Å². The van der Waals surface area contributed by atoms with E-state index in [1.165, 1.54) is 4.57 Å². The first-order valence-corrected chi connectivity index (χ1v) is 6.71. The average Bonchev–Trinajstić information content (AvgIpc) is 2.99. The van der Waals surface area contributed by atoms with Crippen molar-refractivity contribution in [2.45, 2.75) is 20.8 Å². The van der Waals surface area contributed by atoms with Crippen LogP contribution in [0.25, 0.3) is 22.3 Å². The Labute approximate surface area is 160 Å². The van der Waals surface area contributed by atoms with Crippen LogP contribution in [0.2, 0.25) is 0 Å². The van der Waals surface area contributed by atoms with Crippen molar-refractivity contribution in [3.05, 3.63) is 47.6 Å². The van der Waals surface area contributed by atoms with Crippen LogP contribution >= 0.6 is 0 Å². The first-order chi connectivity index (χ1) is 10.1. The Morgan fingerprint density at radius 3 is 2.39 bits per heavy atom. The van der Waals surface area contributed by atoms with Gasteiger partial charge in [-0.2, -0.15) is 0 Å². The van der Waals surface area contributed by atoms with E-state index in [1.54, 1.807) is 13.1 Å². The van der Waals surface area contributed by atoms with E-state index in [0.717, 1.165) is 5.56 Å². The van der Waals surface area contributed by atoms with Gasteiger partial charge in [-0.1, -0.05) is 38.1 Å². The molecule has 7 heteroatoms. The van der Waals surface area contributed by atoms with Crippen LogP contribution in [0, 0.1) is 14.4 Å². The van der Waals surface area contributed by atoms with E-state index in [9.17, 15) is 9.90 Å². The molecule has 0 aliphatic heterocycles. The Balaban J connectivity index is 0.00000117. The second-order valence-electron chi connectivity index (χ2n) is 4.34. The first kappa shape index (κ1) is 21.5. The molecule has 3 rings (SSSR count). The normalized spacial score (nSPS) is 9.39. The minimum absolute atomic E-state index is 0. The average molecular weight is 391 g/mol. The Morgan fingerprint density at radius 2 is 1.78 bits per heavy atom. The molecule has 0 bridgehead atoms. The van der Waals surface area contributed by atoms with E-state index < -0.39 is 0 Å². The number of benzene rings is 1. The topological polar surface area (TPSA) is 81.2 Å². The van der Waals surface area contributed by atoms with Crippen LogP contribution in [0.4, 0.5) is 0 Å². The molecular formula is C16H20N3O3Y-. The summed E-state index contributed by atoms with van der Waals surface area (Å²) in [5, 5.41) is 17.5. The van der Waals surface area contributed by atoms with E-state index in [2.05, 4.69) is 14.9 Å². The van der Waals surface area contributed by atoms with Crippen LogP contribution in [0.3, 0.4) is 0 Å². The molecule has 23 heavy (non-hydrogen) atoms. The molecule has 0 unspecified atom stereocenters. The number of hydrogen-bond donors (Lipinski definition) is 1. The van der Waals surface area contributed by atoms with Gasteiger partial charge in [-0.15, -0.1) is 0 Å². The zero-order valence-electron chi connectivity index (χ0n) is 14.0. The predicted molar refractivity (Wildman–Crippen MR) is 86.6 cm³/mol. The number of pyridine rings is 1. The number of rotatable bonds is 1. The molecule has 0 saturated carbocycles. The van der Waals surface area contributed by atoms with Crippen LogP contribution in [0.5, 0.6) is 5.75 Å². The molecule has 6 nitrogen and oxygen atoms in total. The molecule has 3 aromatic rings. The third-order valence-electron chi connectivity index (χ3n) is 3.18. The van der Waals surface area contributed by atoms with Gasteiger partial charge < -0.3 is 12.5 Å². The van der Waals surface area contributed by atoms with Gasteiger partial charge in [0, 0.05) is 39.8 Å². The summed E-state index contributed by atoms with van der Waals surface area (Å²) in [5.74, 6) is -0.200. The quantitative estimate of drug-likeness (QED) is 0.645. The van der Waals surface area contributed by atoms with Crippen LogP contribution in [-0.4, -0.2) is 20.0 Å².